The molecule has 0 aliphatic carbocycles. The molecular formula is C15H25NO. The fraction of sp³-hybridized carbons (Fsp3) is 0.600. The Bertz CT molecular complexity index is 322. The van der Waals surface area contributed by atoms with Crippen LogP contribution in [-0.2, 0) is 4.74 Å². The van der Waals surface area contributed by atoms with Crippen LogP contribution in [0.15, 0.2) is 24.3 Å². The maximum absolute atomic E-state index is 5.76. The standard InChI is InChI=1S/C15H25NO/c1-5-16-15(11-17-10-12(2)3)14-9-7-6-8-13(14)4/h6-9,12,15-16H,5,10-11H2,1-4H3. The lowest BCUT2D eigenvalue weighted by atomic mass is 10.0. The van der Waals surface area contributed by atoms with E-state index in [2.05, 4.69) is 57.3 Å². The van der Waals surface area contributed by atoms with Crippen molar-refractivity contribution in [2.24, 2.45) is 5.92 Å². The molecule has 1 atom stereocenters. The van der Waals surface area contributed by atoms with E-state index in [1.54, 1.807) is 0 Å². The van der Waals surface area contributed by atoms with Crippen LogP contribution in [0.3, 0.4) is 0 Å². The van der Waals surface area contributed by atoms with Gasteiger partial charge in [-0.1, -0.05) is 45.0 Å². The Kier molecular flexibility index (Phi) is 6.23. The highest BCUT2D eigenvalue weighted by molar-refractivity contribution is 5.28. The molecule has 0 heterocycles. The molecule has 96 valence electrons. The average molecular weight is 235 g/mol. The van der Waals surface area contributed by atoms with Crippen LogP contribution in [0.5, 0.6) is 0 Å². The Morgan fingerprint density at radius 2 is 1.88 bits per heavy atom. The van der Waals surface area contributed by atoms with Crippen LogP contribution < -0.4 is 5.32 Å². The molecule has 1 aromatic rings. The highest BCUT2D eigenvalue weighted by atomic mass is 16.5. The summed E-state index contributed by atoms with van der Waals surface area (Å²) < 4.78 is 5.76. The Labute approximate surface area is 105 Å². The normalized spacial score (nSPS) is 13.0. The van der Waals surface area contributed by atoms with Gasteiger partial charge in [0.15, 0.2) is 0 Å². The molecule has 0 fully saturated rings. The Morgan fingerprint density at radius 3 is 2.47 bits per heavy atom. The lowest BCUT2D eigenvalue weighted by molar-refractivity contribution is 0.0904. The molecule has 2 heteroatoms. The maximum atomic E-state index is 5.76. The first-order valence-electron chi connectivity index (χ1n) is 6.51. The van der Waals surface area contributed by atoms with Gasteiger partial charge >= 0.3 is 0 Å². The number of aryl methyl sites for hydroxylation is 1. The molecule has 1 aromatic carbocycles. The predicted molar refractivity (Wildman–Crippen MR) is 73.3 cm³/mol. The van der Waals surface area contributed by atoms with E-state index in [1.165, 1.54) is 11.1 Å². The molecule has 0 spiro atoms. The van der Waals surface area contributed by atoms with Gasteiger partial charge in [-0.25, -0.2) is 0 Å². The lowest BCUT2D eigenvalue weighted by Gasteiger charge is -2.21. The van der Waals surface area contributed by atoms with Crippen LogP contribution in [-0.4, -0.2) is 19.8 Å². The van der Waals surface area contributed by atoms with Crippen molar-refractivity contribution in [2.45, 2.75) is 33.7 Å². The summed E-state index contributed by atoms with van der Waals surface area (Å²) in [5.41, 5.74) is 2.67. The number of hydrogen-bond acceptors (Lipinski definition) is 2. The van der Waals surface area contributed by atoms with Gasteiger partial charge in [0, 0.05) is 6.61 Å². The summed E-state index contributed by atoms with van der Waals surface area (Å²) in [6.45, 7) is 11.2. The molecular weight excluding hydrogens is 210 g/mol. The zero-order valence-corrected chi connectivity index (χ0v) is 11.5. The minimum atomic E-state index is 0.306. The molecule has 1 N–H and O–H groups in total. The summed E-state index contributed by atoms with van der Waals surface area (Å²) in [7, 11) is 0. The van der Waals surface area contributed by atoms with Crippen LogP contribution in [0.25, 0.3) is 0 Å². The molecule has 0 saturated heterocycles. The summed E-state index contributed by atoms with van der Waals surface area (Å²) in [6.07, 6.45) is 0. The third-order valence-electron chi connectivity index (χ3n) is 2.75. The summed E-state index contributed by atoms with van der Waals surface area (Å²) in [4.78, 5) is 0. The first-order chi connectivity index (χ1) is 8.15. The van der Waals surface area contributed by atoms with Gasteiger partial charge in [-0.2, -0.15) is 0 Å². The minimum Gasteiger partial charge on any atom is -0.379 e. The summed E-state index contributed by atoms with van der Waals surface area (Å²) in [6, 6.07) is 8.81. The molecule has 0 aliphatic heterocycles. The van der Waals surface area contributed by atoms with Gasteiger partial charge in [-0.3, -0.25) is 0 Å². The van der Waals surface area contributed by atoms with Crippen molar-refractivity contribution >= 4 is 0 Å². The number of rotatable bonds is 7. The van der Waals surface area contributed by atoms with Gasteiger partial charge < -0.3 is 10.1 Å². The zero-order valence-electron chi connectivity index (χ0n) is 11.5. The molecule has 0 aliphatic rings. The van der Waals surface area contributed by atoms with Crippen molar-refractivity contribution in [3.05, 3.63) is 35.4 Å². The van der Waals surface area contributed by atoms with Crippen molar-refractivity contribution in [3.8, 4) is 0 Å². The van der Waals surface area contributed by atoms with Gasteiger partial charge in [0.05, 0.1) is 12.6 Å². The Balaban J connectivity index is 2.62. The number of likely N-dealkylation sites (N-methyl/N-ethyl adjacent to an activating group) is 1. The highest BCUT2D eigenvalue weighted by Gasteiger charge is 2.12. The molecule has 0 bridgehead atoms. The van der Waals surface area contributed by atoms with E-state index in [9.17, 15) is 0 Å². The second kappa shape index (κ2) is 7.46. The van der Waals surface area contributed by atoms with Gasteiger partial charge in [0.2, 0.25) is 0 Å². The van der Waals surface area contributed by atoms with Gasteiger partial charge in [0.1, 0.15) is 0 Å². The van der Waals surface area contributed by atoms with Crippen LogP contribution in [0.2, 0.25) is 0 Å². The molecule has 0 radical (unpaired) electrons. The number of benzene rings is 1. The van der Waals surface area contributed by atoms with E-state index in [4.69, 9.17) is 4.74 Å². The minimum absolute atomic E-state index is 0.306. The van der Waals surface area contributed by atoms with Crippen LogP contribution in [0.4, 0.5) is 0 Å². The zero-order chi connectivity index (χ0) is 12.7. The molecule has 2 nitrogen and oxygen atoms in total. The van der Waals surface area contributed by atoms with Crippen molar-refractivity contribution in [1.29, 1.82) is 0 Å². The third kappa shape index (κ3) is 4.88. The third-order valence-corrected chi connectivity index (χ3v) is 2.75. The smallest absolute Gasteiger partial charge is 0.0661 e. The first kappa shape index (κ1) is 14.2. The van der Waals surface area contributed by atoms with Gasteiger partial charge in [-0.05, 0) is 30.5 Å². The number of ether oxygens (including phenoxy) is 1. The SMILES string of the molecule is CCNC(COCC(C)C)c1ccccc1C. The van der Waals surface area contributed by atoms with E-state index >= 15 is 0 Å². The van der Waals surface area contributed by atoms with Crippen LogP contribution in [0, 0.1) is 12.8 Å². The second-order valence-electron chi connectivity index (χ2n) is 4.90. The number of hydrogen-bond donors (Lipinski definition) is 1. The quantitative estimate of drug-likeness (QED) is 0.783. The van der Waals surface area contributed by atoms with Crippen molar-refractivity contribution in [3.63, 3.8) is 0 Å². The molecule has 0 saturated carbocycles. The first-order valence-corrected chi connectivity index (χ1v) is 6.51. The van der Waals surface area contributed by atoms with E-state index < -0.39 is 0 Å². The van der Waals surface area contributed by atoms with Gasteiger partial charge in [-0.15, -0.1) is 0 Å². The molecule has 1 rings (SSSR count). The highest BCUT2D eigenvalue weighted by Crippen LogP contribution is 2.17. The average Bonchev–Trinajstić information content (AvgIpc) is 2.28. The van der Waals surface area contributed by atoms with Crippen molar-refractivity contribution in [1.82, 2.24) is 5.32 Å². The predicted octanol–water partition coefficient (Wildman–Crippen LogP) is 3.32. The summed E-state index contributed by atoms with van der Waals surface area (Å²) in [5, 5.41) is 3.49. The van der Waals surface area contributed by atoms with E-state index in [0.29, 0.717) is 12.0 Å². The monoisotopic (exact) mass is 235 g/mol. The fourth-order valence-electron chi connectivity index (χ4n) is 1.90. The van der Waals surface area contributed by atoms with E-state index in [0.717, 1.165) is 19.8 Å². The van der Waals surface area contributed by atoms with Crippen molar-refractivity contribution < 1.29 is 4.74 Å². The van der Waals surface area contributed by atoms with Crippen LogP contribution in [0.1, 0.15) is 37.9 Å². The molecule has 17 heavy (non-hydrogen) atoms. The van der Waals surface area contributed by atoms with Crippen molar-refractivity contribution in [2.75, 3.05) is 19.8 Å². The maximum Gasteiger partial charge on any atom is 0.0661 e. The lowest BCUT2D eigenvalue weighted by Crippen LogP contribution is -2.26. The number of nitrogens with one attached hydrogen (secondary N) is 1. The second-order valence-corrected chi connectivity index (χ2v) is 4.90. The fourth-order valence-corrected chi connectivity index (χ4v) is 1.90. The molecule has 0 amide bonds. The Morgan fingerprint density at radius 1 is 1.18 bits per heavy atom. The molecule has 0 aromatic heterocycles. The van der Waals surface area contributed by atoms with Gasteiger partial charge in [0.25, 0.3) is 0 Å². The summed E-state index contributed by atoms with van der Waals surface area (Å²) in [5.74, 6) is 0.592. The van der Waals surface area contributed by atoms with E-state index in [-0.39, 0.29) is 0 Å². The Hall–Kier alpha value is -0.860. The van der Waals surface area contributed by atoms with E-state index in [1.807, 2.05) is 0 Å². The van der Waals surface area contributed by atoms with Crippen LogP contribution >= 0.6 is 0 Å². The topological polar surface area (TPSA) is 21.3 Å². The summed E-state index contributed by atoms with van der Waals surface area (Å²) >= 11 is 0. The molecule has 1 unspecified atom stereocenters. The largest absolute Gasteiger partial charge is 0.379 e.